The van der Waals surface area contributed by atoms with Gasteiger partial charge in [0.05, 0.1) is 5.52 Å². The van der Waals surface area contributed by atoms with E-state index in [1.54, 1.807) is 5.56 Å². The average Bonchev–Trinajstić information content (AvgIpc) is 2.50. The monoisotopic (exact) mass is 349 g/mol. The number of rotatable bonds is 5. The molecule has 0 amide bonds. The molecule has 1 aromatic carbocycles. The third-order valence-electron chi connectivity index (χ3n) is 3.89. The van der Waals surface area contributed by atoms with Crippen molar-refractivity contribution >= 4 is 38.6 Å². The number of halogens is 1. The summed E-state index contributed by atoms with van der Waals surface area (Å²) in [5, 5.41) is 2.47. The lowest BCUT2D eigenvalue weighted by Crippen LogP contribution is -2.07. The number of nitrogens with zero attached hydrogens (tertiary/aromatic N) is 1. The summed E-state index contributed by atoms with van der Waals surface area (Å²) in [6.07, 6.45) is 7.54. The Hall–Kier alpha value is -0.540. The summed E-state index contributed by atoms with van der Waals surface area (Å²) < 4.78 is 0. The maximum atomic E-state index is 4.90. The minimum Gasteiger partial charge on any atom is -0.252 e. The lowest BCUT2D eigenvalue weighted by atomic mass is 9.94. The van der Waals surface area contributed by atoms with E-state index < -0.39 is 0 Å². The molecule has 0 atom stereocenters. The molecule has 2 aromatic rings. The van der Waals surface area contributed by atoms with Gasteiger partial charge in [0.15, 0.2) is 0 Å². The van der Waals surface area contributed by atoms with Gasteiger partial charge in [0.25, 0.3) is 0 Å². The molecule has 0 saturated carbocycles. The number of alkyl halides is 1. The van der Waals surface area contributed by atoms with Crippen LogP contribution in [0.25, 0.3) is 10.9 Å². The van der Waals surface area contributed by atoms with Crippen LogP contribution in [0, 0.1) is 0 Å². The third kappa shape index (κ3) is 3.04. The second-order valence-corrected chi connectivity index (χ2v) is 7.23. The number of unbranched alkanes of at least 4 members (excludes halogenated alkanes) is 1. The number of fused-ring (bicyclic) bond motifs is 2. The van der Waals surface area contributed by atoms with Crippen LogP contribution in [0.3, 0.4) is 0 Å². The van der Waals surface area contributed by atoms with Crippen LogP contribution in [-0.2, 0) is 12.8 Å². The summed E-state index contributed by atoms with van der Waals surface area (Å²) in [5.74, 6) is 1.21. The lowest BCUT2D eigenvalue weighted by Gasteiger charge is -2.20. The molecule has 0 unspecified atom stereocenters. The molecule has 3 rings (SSSR count). The normalized spacial score (nSPS) is 14.4. The zero-order valence-corrected chi connectivity index (χ0v) is 14.1. The van der Waals surface area contributed by atoms with Crippen molar-refractivity contribution in [2.45, 2.75) is 43.4 Å². The molecule has 0 bridgehead atoms. The number of pyridine rings is 1. The highest BCUT2D eigenvalue weighted by molar-refractivity contribution is 9.09. The van der Waals surface area contributed by atoms with Crippen molar-refractivity contribution in [2.75, 3.05) is 11.1 Å². The number of thioether (sulfide) groups is 1. The van der Waals surface area contributed by atoms with Crippen LogP contribution in [0.1, 0.15) is 36.9 Å². The van der Waals surface area contributed by atoms with Gasteiger partial charge in [0, 0.05) is 21.3 Å². The molecule has 1 nitrogen and oxygen atoms in total. The Morgan fingerprint density at radius 2 is 1.95 bits per heavy atom. The quantitative estimate of drug-likeness (QED) is 0.408. The SMILES string of the molecule is BrCCCCSc1c2c(nc3ccccc13)CCCC2. The Morgan fingerprint density at radius 3 is 2.85 bits per heavy atom. The van der Waals surface area contributed by atoms with Crippen molar-refractivity contribution < 1.29 is 0 Å². The maximum absolute atomic E-state index is 4.90. The van der Waals surface area contributed by atoms with E-state index >= 15 is 0 Å². The second-order valence-electron chi connectivity index (χ2n) is 5.33. The summed E-state index contributed by atoms with van der Waals surface area (Å²) in [6, 6.07) is 8.64. The average molecular weight is 350 g/mol. The van der Waals surface area contributed by atoms with Crippen LogP contribution < -0.4 is 0 Å². The zero-order valence-electron chi connectivity index (χ0n) is 11.7. The summed E-state index contributed by atoms with van der Waals surface area (Å²) in [7, 11) is 0. The lowest BCUT2D eigenvalue weighted by molar-refractivity contribution is 0.662. The Labute approximate surface area is 133 Å². The van der Waals surface area contributed by atoms with E-state index in [1.165, 1.54) is 59.3 Å². The van der Waals surface area contributed by atoms with Gasteiger partial charge in [-0.25, -0.2) is 0 Å². The van der Waals surface area contributed by atoms with Crippen LogP contribution >= 0.6 is 27.7 Å². The van der Waals surface area contributed by atoms with Gasteiger partial charge in [-0.15, -0.1) is 11.8 Å². The van der Waals surface area contributed by atoms with Crippen molar-refractivity contribution in [1.29, 1.82) is 0 Å². The van der Waals surface area contributed by atoms with Gasteiger partial charge in [-0.2, -0.15) is 0 Å². The van der Waals surface area contributed by atoms with Crippen molar-refractivity contribution in [3.8, 4) is 0 Å². The molecular formula is C17H20BrNS. The Morgan fingerprint density at radius 1 is 1.10 bits per heavy atom. The first-order chi connectivity index (χ1) is 9.90. The molecule has 0 aliphatic heterocycles. The minimum absolute atomic E-state index is 1.11. The van der Waals surface area contributed by atoms with E-state index in [4.69, 9.17) is 4.98 Å². The molecule has 0 saturated heterocycles. The van der Waals surface area contributed by atoms with Gasteiger partial charge in [0.1, 0.15) is 0 Å². The molecule has 1 aliphatic rings. The topological polar surface area (TPSA) is 12.9 Å². The van der Waals surface area contributed by atoms with Crippen LogP contribution in [0.5, 0.6) is 0 Å². The summed E-state index contributed by atoms with van der Waals surface area (Å²) >= 11 is 5.56. The van der Waals surface area contributed by atoms with E-state index in [-0.39, 0.29) is 0 Å². The Kier molecular flexibility index (Phi) is 5.00. The first-order valence-electron chi connectivity index (χ1n) is 7.49. The Balaban J connectivity index is 1.97. The minimum atomic E-state index is 1.11. The van der Waals surface area contributed by atoms with Gasteiger partial charge < -0.3 is 0 Å². The summed E-state index contributed by atoms with van der Waals surface area (Å²) in [5.41, 5.74) is 4.08. The first-order valence-corrected chi connectivity index (χ1v) is 9.60. The van der Waals surface area contributed by atoms with Crippen LogP contribution in [0.2, 0.25) is 0 Å². The highest BCUT2D eigenvalue weighted by Crippen LogP contribution is 2.36. The van der Waals surface area contributed by atoms with Crippen molar-refractivity contribution in [3.63, 3.8) is 0 Å². The van der Waals surface area contributed by atoms with E-state index in [0.717, 1.165) is 11.8 Å². The number of benzene rings is 1. The number of para-hydroxylation sites is 1. The van der Waals surface area contributed by atoms with Crippen LogP contribution in [0.4, 0.5) is 0 Å². The van der Waals surface area contributed by atoms with E-state index in [1.807, 2.05) is 11.8 Å². The highest BCUT2D eigenvalue weighted by Gasteiger charge is 2.17. The van der Waals surface area contributed by atoms with E-state index in [0.29, 0.717) is 0 Å². The zero-order chi connectivity index (χ0) is 13.8. The first kappa shape index (κ1) is 14.4. The van der Waals surface area contributed by atoms with Gasteiger partial charge >= 0.3 is 0 Å². The van der Waals surface area contributed by atoms with Gasteiger partial charge in [-0.05, 0) is 55.9 Å². The van der Waals surface area contributed by atoms with Crippen molar-refractivity contribution in [3.05, 3.63) is 35.5 Å². The fraction of sp³-hybridized carbons (Fsp3) is 0.471. The maximum Gasteiger partial charge on any atom is 0.0716 e. The van der Waals surface area contributed by atoms with Crippen LogP contribution in [0.15, 0.2) is 29.2 Å². The number of aromatic nitrogens is 1. The number of hydrogen-bond acceptors (Lipinski definition) is 2. The molecule has 1 aliphatic carbocycles. The molecular weight excluding hydrogens is 330 g/mol. The molecule has 1 aromatic heterocycles. The largest absolute Gasteiger partial charge is 0.252 e. The molecule has 106 valence electrons. The van der Waals surface area contributed by atoms with Crippen molar-refractivity contribution in [2.24, 2.45) is 0 Å². The van der Waals surface area contributed by atoms with Crippen LogP contribution in [-0.4, -0.2) is 16.1 Å². The Bertz CT molecular complexity index is 597. The molecule has 0 fully saturated rings. The number of hydrogen-bond donors (Lipinski definition) is 0. The summed E-state index contributed by atoms with van der Waals surface area (Å²) in [6.45, 7) is 0. The second kappa shape index (κ2) is 6.95. The fourth-order valence-corrected chi connectivity index (χ4v) is 4.54. The predicted octanol–water partition coefficient (Wildman–Crippen LogP) is 5.38. The standard InChI is InChI=1S/C17H20BrNS/c18-11-5-6-12-20-17-13-7-1-3-9-15(13)19-16-10-4-2-8-14(16)17/h1,3,7,9H,2,4-6,8,10-12H2. The molecule has 3 heteroatoms. The molecule has 20 heavy (non-hydrogen) atoms. The van der Waals surface area contributed by atoms with E-state index in [9.17, 15) is 0 Å². The fourth-order valence-electron chi connectivity index (χ4n) is 2.86. The van der Waals surface area contributed by atoms with Gasteiger partial charge in [-0.3, -0.25) is 4.98 Å². The van der Waals surface area contributed by atoms with Crippen molar-refractivity contribution in [1.82, 2.24) is 4.98 Å². The molecule has 0 spiro atoms. The predicted molar refractivity (Wildman–Crippen MR) is 92.1 cm³/mol. The number of aryl methyl sites for hydroxylation is 1. The molecule has 0 N–H and O–H groups in total. The smallest absolute Gasteiger partial charge is 0.0716 e. The molecule has 1 heterocycles. The third-order valence-corrected chi connectivity index (χ3v) is 5.70. The van der Waals surface area contributed by atoms with Gasteiger partial charge in [0.2, 0.25) is 0 Å². The molecule has 0 radical (unpaired) electrons. The van der Waals surface area contributed by atoms with E-state index in [2.05, 4.69) is 40.2 Å². The highest BCUT2D eigenvalue weighted by atomic mass is 79.9. The summed E-state index contributed by atoms with van der Waals surface area (Å²) in [4.78, 5) is 6.41. The van der Waals surface area contributed by atoms with Gasteiger partial charge in [-0.1, -0.05) is 34.1 Å².